The van der Waals surface area contributed by atoms with Crippen molar-refractivity contribution in [2.24, 2.45) is 7.05 Å². The van der Waals surface area contributed by atoms with E-state index < -0.39 is 0 Å². The SMILES string of the molecule is CSc1nc2c([nH]1)c(=O)ncn2C. The van der Waals surface area contributed by atoms with Crippen molar-refractivity contribution in [2.75, 3.05) is 6.26 Å². The van der Waals surface area contributed by atoms with Crippen LogP contribution in [0.3, 0.4) is 0 Å². The van der Waals surface area contributed by atoms with Gasteiger partial charge in [-0.3, -0.25) is 4.79 Å². The van der Waals surface area contributed by atoms with Gasteiger partial charge in [0.25, 0.3) is 5.56 Å². The minimum absolute atomic E-state index is 0.263. The average Bonchev–Trinajstić information content (AvgIpc) is 2.56. The third-order valence-electron chi connectivity index (χ3n) is 1.75. The Labute approximate surface area is 78.2 Å². The van der Waals surface area contributed by atoms with Crippen LogP contribution >= 0.6 is 11.8 Å². The zero-order valence-electron chi connectivity index (χ0n) is 7.24. The molecule has 13 heavy (non-hydrogen) atoms. The van der Waals surface area contributed by atoms with Crippen molar-refractivity contribution in [3.63, 3.8) is 0 Å². The second kappa shape index (κ2) is 2.88. The molecule has 2 aromatic heterocycles. The lowest BCUT2D eigenvalue weighted by molar-refractivity contribution is 0.884. The number of nitrogens with zero attached hydrogens (tertiary/aromatic N) is 3. The van der Waals surface area contributed by atoms with Crippen LogP contribution in [0.2, 0.25) is 0 Å². The summed E-state index contributed by atoms with van der Waals surface area (Å²) in [6, 6.07) is 0. The normalized spacial score (nSPS) is 10.9. The van der Waals surface area contributed by atoms with E-state index in [-0.39, 0.29) is 5.56 Å². The molecule has 0 aliphatic rings. The molecule has 0 unspecified atom stereocenters. The van der Waals surface area contributed by atoms with Crippen molar-refractivity contribution in [3.8, 4) is 0 Å². The van der Waals surface area contributed by atoms with Gasteiger partial charge in [0, 0.05) is 7.05 Å². The Balaban J connectivity index is 2.88. The molecule has 0 bridgehead atoms. The lowest BCUT2D eigenvalue weighted by atomic mass is 10.5. The van der Waals surface area contributed by atoms with Gasteiger partial charge >= 0.3 is 0 Å². The highest BCUT2D eigenvalue weighted by Crippen LogP contribution is 2.12. The fraction of sp³-hybridized carbons (Fsp3) is 0.286. The summed E-state index contributed by atoms with van der Waals surface area (Å²) >= 11 is 1.47. The molecule has 1 N–H and O–H groups in total. The number of imidazole rings is 1. The van der Waals surface area contributed by atoms with E-state index in [1.54, 1.807) is 11.6 Å². The van der Waals surface area contributed by atoms with Crippen LogP contribution < -0.4 is 5.56 Å². The largest absolute Gasteiger partial charge is 0.327 e. The number of aryl methyl sites for hydroxylation is 1. The van der Waals surface area contributed by atoms with E-state index in [1.165, 1.54) is 18.1 Å². The first kappa shape index (κ1) is 8.31. The standard InChI is InChI=1S/C7H8N4OS/c1-11-3-8-6(12)4-5(11)10-7(9-4)13-2/h3H,1-2H3,(H,9,10). The van der Waals surface area contributed by atoms with Gasteiger partial charge in [-0.1, -0.05) is 11.8 Å². The summed E-state index contributed by atoms with van der Waals surface area (Å²) in [7, 11) is 1.81. The van der Waals surface area contributed by atoms with Gasteiger partial charge in [0.05, 0.1) is 0 Å². The topological polar surface area (TPSA) is 63.6 Å². The Hall–Kier alpha value is -1.30. The van der Waals surface area contributed by atoms with E-state index in [0.717, 1.165) is 5.16 Å². The van der Waals surface area contributed by atoms with Gasteiger partial charge in [-0.05, 0) is 6.26 Å². The number of aromatic nitrogens is 4. The van der Waals surface area contributed by atoms with Crippen LogP contribution in [-0.2, 0) is 7.05 Å². The Bertz CT molecular complexity index is 501. The molecular weight excluding hydrogens is 188 g/mol. The first-order valence-electron chi connectivity index (χ1n) is 3.67. The van der Waals surface area contributed by atoms with Crippen molar-refractivity contribution in [3.05, 3.63) is 16.7 Å². The van der Waals surface area contributed by atoms with Crippen LogP contribution in [0.4, 0.5) is 0 Å². The van der Waals surface area contributed by atoms with Gasteiger partial charge < -0.3 is 9.55 Å². The number of aromatic amines is 1. The van der Waals surface area contributed by atoms with Crippen LogP contribution in [-0.4, -0.2) is 25.8 Å². The predicted molar refractivity (Wildman–Crippen MR) is 50.9 cm³/mol. The maximum Gasteiger partial charge on any atom is 0.298 e. The molecule has 68 valence electrons. The summed E-state index contributed by atoms with van der Waals surface area (Å²) in [5.41, 5.74) is 0.847. The Morgan fingerprint density at radius 3 is 3.00 bits per heavy atom. The molecule has 0 atom stereocenters. The first-order valence-corrected chi connectivity index (χ1v) is 4.90. The summed E-state index contributed by atoms with van der Waals surface area (Å²) in [6.07, 6.45) is 3.37. The Morgan fingerprint density at radius 1 is 1.62 bits per heavy atom. The van der Waals surface area contributed by atoms with Crippen molar-refractivity contribution in [1.29, 1.82) is 0 Å². The molecule has 2 rings (SSSR count). The van der Waals surface area contributed by atoms with Gasteiger partial charge in [0.2, 0.25) is 0 Å². The molecule has 2 heterocycles. The summed E-state index contributed by atoms with van der Waals surface area (Å²) in [4.78, 5) is 22.1. The van der Waals surface area contributed by atoms with E-state index in [4.69, 9.17) is 0 Å². The van der Waals surface area contributed by atoms with Crippen molar-refractivity contribution < 1.29 is 0 Å². The van der Waals surface area contributed by atoms with E-state index in [1.807, 2.05) is 6.26 Å². The second-order valence-corrected chi connectivity index (χ2v) is 3.40. The minimum atomic E-state index is -0.263. The van der Waals surface area contributed by atoms with Crippen LogP contribution in [0.15, 0.2) is 16.3 Å². The molecule has 0 saturated carbocycles. The molecule has 0 amide bonds. The molecule has 0 aliphatic carbocycles. The number of H-pyrrole nitrogens is 1. The van der Waals surface area contributed by atoms with Crippen LogP contribution in [0.5, 0.6) is 0 Å². The number of thioether (sulfide) groups is 1. The molecule has 0 fully saturated rings. The van der Waals surface area contributed by atoms with Crippen LogP contribution in [0, 0.1) is 0 Å². The molecular formula is C7H8N4OS. The van der Waals surface area contributed by atoms with Gasteiger partial charge in [-0.2, -0.15) is 4.98 Å². The monoisotopic (exact) mass is 196 g/mol. The molecule has 2 aromatic rings. The first-order chi connectivity index (χ1) is 6.22. The molecule has 0 saturated heterocycles. The maximum atomic E-state index is 11.3. The Kier molecular flexibility index (Phi) is 1.84. The van der Waals surface area contributed by atoms with Gasteiger partial charge in [-0.25, -0.2) is 4.98 Å². The molecule has 0 spiro atoms. The van der Waals surface area contributed by atoms with E-state index >= 15 is 0 Å². The summed E-state index contributed by atoms with van der Waals surface area (Å²) in [6.45, 7) is 0. The predicted octanol–water partition coefficient (Wildman–Crippen LogP) is 0.378. The van der Waals surface area contributed by atoms with E-state index in [0.29, 0.717) is 11.2 Å². The number of hydrogen-bond acceptors (Lipinski definition) is 4. The van der Waals surface area contributed by atoms with Crippen molar-refractivity contribution in [2.45, 2.75) is 5.16 Å². The highest BCUT2D eigenvalue weighted by molar-refractivity contribution is 7.98. The van der Waals surface area contributed by atoms with E-state index in [2.05, 4.69) is 15.0 Å². The molecule has 5 nitrogen and oxygen atoms in total. The van der Waals surface area contributed by atoms with E-state index in [9.17, 15) is 4.79 Å². The third kappa shape index (κ3) is 1.23. The lowest BCUT2D eigenvalue weighted by Gasteiger charge is -1.94. The molecule has 0 aromatic carbocycles. The highest BCUT2D eigenvalue weighted by Gasteiger charge is 2.07. The number of nitrogens with one attached hydrogen (secondary N) is 1. The quantitative estimate of drug-likeness (QED) is 0.670. The van der Waals surface area contributed by atoms with Crippen molar-refractivity contribution >= 4 is 22.9 Å². The summed E-state index contributed by atoms with van der Waals surface area (Å²) < 4.78 is 1.72. The average molecular weight is 196 g/mol. The Morgan fingerprint density at radius 2 is 2.38 bits per heavy atom. The third-order valence-corrected chi connectivity index (χ3v) is 2.33. The molecule has 0 radical (unpaired) electrons. The minimum Gasteiger partial charge on any atom is -0.327 e. The highest BCUT2D eigenvalue weighted by atomic mass is 32.2. The second-order valence-electron chi connectivity index (χ2n) is 2.61. The summed E-state index contributed by atoms with van der Waals surface area (Å²) in [5.74, 6) is 0. The fourth-order valence-electron chi connectivity index (χ4n) is 1.10. The molecule has 6 heteroatoms. The number of hydrogen-bond donors (Lipinski definition) is 1. The summed E-state index contributed by atoms with van der Waals surface area (Å²) in [5, 5.41) is 0.732. The van der Waals surface area contributed by atoms with Gasteiger partial charge in [0.1, 0.15) is 6.33 Å². The maximum absolute atomic E-state index is 11.3. The van der Waals surface area contributed by atoms with Crippen LogP contribution in [0.25, 0.3) is 11.2 Å². The van der Waals surface area contributed by atoms with Gasteiger partial charge in [0.15, 0.2) is 16.3 Å². The lowest BCUT2D eigenvalue weighted by Crippen LogP contribution is -2.09. The zero-order valence-corrected chi connectivity index (χ0v) is 8.05. The van der Waals surface area contributed by atoms with Gasteiger partial charge in [-0.15, -0.1) is 0 Å². The number of fused-ring (bicyclic) bond motifs is 1. The zero-order chi connectivity index (χ0) is 9.42. The van der Waals surface area contributed by atoms with Crippen LogP contribution in [0.1, 0.15) is 0 Å². The van der Waals surface area contributed by atoms with Crippen molar-refractivity contribution in [1.82, 2.24) is 19.5 Å². The molecule has 0 aliphatic heterocycles. The number of rotatable bonds is 1. The fourth-order valence-corrected chi connectivity index (χ4v) is 1.48. The smallest absolute Gasteiger partial charge is 0.298 e.